The standard InChI is InChI=1S/C47H31N3O/c1-47(2)38-26-42-36(24-34(38)35-25-37-32-18-8-11-22-43(32)51-44(37)27-39(35)47)31-17-7-10-21-41(31)50(42)30-16-12-15-29(23-30)46-48-40-20-9-6-19-33(40)45(49-46)28-13-4-3-5-14-28/h3-27H,1-2H3. The molecule has 240 valence electrons. The quantitative estimate of drug-likeness (QED) is 0.191. The minimum absolute atomic E-state index is 0.206. The van der Waals surface area contributed by atoms with E-state index in [1.165, 1.54) is 49.4 Å². The third-order valence-electron chi connectivity index (χ3n) is 11.0. The van der Waals surface area contributed by atoms with Crippen LogP contribution in [0.3, 0.4) is 0 Å². The van der Waals surface area contributed by atoms with E-state index in [0.717, 1.165) is 50.0 Å². The number of aromatic nitrogens is 3. The highest BCUT2D eigenvalue weighted by molar-refractivity contribution is 6.13. The van der Waals surface area contributed by atoms with Gasteiger partial charge in [0.25, 0.3) is 0 Å². The molecule has 0 bridgehead atoms. The third-order valence-corrected chi connectivity index (χ3v) is 11.0. The molecule has 0 saturated heterocycles. The highest BCUT2D eigenvalue weighted by atomic mass is 16.3. The van der Waals surface area contributed by atoms with E-state index in [1.807, 2.05) is 18.2 Å². The average molecular weight is 654 g/mol. The Morgan fingerprint density at radius 1 is 0.490 bits per heavy atom. The molecule has 1 aliphatic rings. The normalized spacial score (nSPS) is 13.5. The molecule has 0 saturated carbocycles. The van der Waals surface area contributed by atoms with E-state index in [4.69, 9.17) is 14.4 Å². The van der Waals surface area contributed by atoms with Crippen LogP contribution in [0.25, 0.3) is 94.1 Å². The smallest absolute Gasteiger partial charge is 0.160 e. The Morgan fingerprint density at radius 3 is 2.04 bits per heavy atom. The molecule has 4 nitrogen and oxygen atoms in total. The molecule has 0 N–H and O–H groups in total. The molecule has 0 radical (unpaired) electrons. The van der Waals surface area contributed by atoms with Crippen LogP contribution in [0.5, 0.6) is 0 Å². The first-order chi connectivity index (χ1) is 25.0. The van der Waals surface area contributed by atoms with Gasteiger partial charge in [-0.2, -0.15) is 0 Å². The fourth-order valence-corrected chi connectivity index (χ4v) is 8.50. The molecule has 3 heterocycles. The lowest BCUT2D eigenvalue weighted by Crippen LogP contribution is -2.15. The van der Waals surface area contributed by atoms with Crippen LogP contribution < -0.4 is 0 Å². The second-order valence-corrected chi connectivity index (χ2v) is 14.2. The number of hydrogen-bond acceptors (Lipinski definition) is 3. The topological polar surface area (TPSA) is 43.9 Å². The molecule has 11 rings (SSSR count). The van der Waals surface area contributed by atoms with Crippen LogP contribution in [-0.4, -0.2) is 14.5 Å². The van der Waals surface area contributed by atoms with Crippen LogP contribution >= 0.6 is 0 Å². The molecular weight excluding hydrogens is 623 g/mol. The van der Waals surface area contributed by atoms with Gasteiger partial charge in [0.2, 0.25) is 0 Å². The zero-order valence-electron chi connectivity index (χ0n) is 28.2. The molecule has 3 aromatic heterocycles. The van der Waals surface area contributed by atoms with Crippen molar-refractivity contribution in [1.82, 2.24) is 14.5 Å². The summed E-state index contributed by atoms with van der Waals surface area (Å²) < 4.78 is 8.77. The van der Waals surface area contributed by atoms with Gasteiger partial charge in [0, 0.05) is 49.2 Å². The van der Waals surface area contributed by atoms with Crippen molar-refractivity contribution in [1.29, 1.82) is 0 Å². The fraction of sp³-hybridized carbons (Fsp3) is 0.0638. The van der Waals surface area contributed by atoms with Gasteiger partial charge < -0.3 is 8.98 Å². The second-order valence-electron chi connectivity index (χ2n) is 14.2. The minimum atomic E-state index is -0.206. The SMILES string of the molecule is CC1(C)c2cc3oc4ccccc4c3cc2-c2cc3c4ccccc4n(-c4cccc(-c5nc(-c6ccccc6)c6ccccc6n5)c4)c3cc21. The van der Waals surface area contributed by atoms with Gasteiger partial charge in [0.15, 0.2) is 5.82 Å². The predicted octanol–water partition coefficient (Wildman–Crippen LogP) is 12.3. The molecule has 0 fully saturated rings. The summed E-state index contributed by atoms with van der Waals surface area (Å²) in [5.41, 5.74) is 14.2. The van der Waals surface area contributed by atoms with Crippen LogP contribution in [0.4, 0.5) is 0 Å². The number of rotatable bonds is 3. The molecule has 0 unspecified atom stereocenters. The molecule has 0 atom stereocenters. The Balaban J connectivity index is 1.13. The van der Waals surface area contributed by atoms with Crippen molar-refractivity contribution >= 4 is 54.6 Å². The van der Waals surface area contributed by atoms with E-state index in [1.54, 1.807) is 0 Å². The van der Waals surface area contributed by atoms with Crippen molar-refractivity contribution in [3.8, 4) is 39.5 Å². The Kier molecular flexibility index (Phi) is 5.70. The number of furan rings is 1. The van der Waals surface area contributed by atoms with Gasteiger partial charge in [-0.25, -0.2) is 9.97 Å². The van der Waals surface area contributed by atoms with Crippen LogP contribution in [0, 0.1) is 0 Å². The first-order valence-corrected chi connectivity index (χ1v) is 17.5. The lowest BCUT2D eigenvalue weighted by atomic mass is 9.82. The van der Waals surface area contributed by atoms with E-state index >= 15 is 0 Å². The van der Waals surface area contributed by atoms with Crippen LogP contribution in [0.2, 0.25) is 0 Å². The van der Waals surface area contributed by atoms with E-state index in [9.17, 15) is 0 Å². The van der Waals surface area contributed by atoms with Crippen molar-refractivity contribution in [3.63, 3.8) is 0 Å². The second kappa shape index (κ2) is 10.3. The first kappa shape index (κ1) is 28.3. The molecule has 4 heteroatoms. The summed E-state index contributed by atoms with van der Waals surface area (Å²) in [6, 6.07) is 53.9. The zero-order valence-corrected chi connectivity index (χ0v) is 28.2. The predicted molar refractivity (Wildman–Crippen MR) is 210 cm³/mol. The average Bonchev–Trinajstić information content (AvgIpc) is 3.78. The Labute approximate surface area is 294 Å². The fourth-order valence-electron chi connectivity index (χ4n) is 8.50. The molecule has 51 heavy (non-hydrogen) atoms. The lowest BCUT2D eigenvalue weighted by molar-refractivity contribution is 0.647. The summed E-state index contributed by atoms with van der Waals surface area (Å²) in [7, 11) is 0. The minimum Gasteiger partial charge on any atom is -0.456 e. The van der Waals surface area contributed by atoms with Crippen LogP contribution in [-0.2, 0) is 5.41 Å². The third kappa shape index (κ3) is 4.02. The van der Waals surface area contributed by atoms with E-state index in [2.05, 4.69) is 152 Å². The number of benzene rings is 7. The molecule has 1 aliphatic carbocycles. The summed E-state index contributed by atoms with van der Waals surface area (Å²) in [5.74, 6) is 0.712. The maximum Gasteiger partial charge on any atom is 0.160 e. The van der Waals surface area contributed by atoms with E-state index < -0.39 is 0 Å². The van der Waals surface area contributed by atoms with Crippen LogP contribution in [0.15, 0.2) is 156 Å². The van der Waals surface area contributed by atoms with Crippen molar-refractivity contribution in [2.45, 2.75) is 19.3 Å². The van der Waals surface area contributed by atoms with Gasteiger partial charge in [-0.3, -0.25) is 0 Å². The van der Waals surface area contributed by atoms with Gasteiger partial charge in [0.1, 0.15) is 11.2 Å². The zero-order chi connectivity index (χ0) is 33.8. The van der Waals surface area contributed by atoms with Crippen molar-refractivity contribution in [3.05, 3.63) is 163 Å². The largest absolute Gasteiger partial charge is 0.456 e. The number of hydrogen-bond donors (Lipinski definition) is 0. The molecule has 0 spiro atoms. The number of nitrogens with zero attached hydrogens (tertiary/aromatic N) is 3. The van der Waals surface area contributed by atoms with Gasteiger partial charge in [-0.05, 0) is 76.9 Å². The summed E-state index contributed by atoms with van der Waals surface area (Å²) in [5, 5.41) is 5.84. The van der Waals surface area contributed by atoms with Gasteiger partial charge in [-0.15, -0.1) is 0 Å². The maximum atomic E-state index is 6.36. The van der Waals surface area contributed by atoms with Gasteiger partial charge >= 0.3 is 0 Å². The highest BCUT2D eigenvalue weighted by Gasteiger charge is 2.37. The van der Waals surface area contributed by atoms with E-state index in [-0.39, 0.29) is 5.41 Å². The Morgan fingerprint density at radius 2 is 1.18 bits per heavy atom. The molecule has 0 aliphatic heterocycles. The maximum absolute atomic E-state index is 6.36. The molecule has 10 aromatic rings. The Bertz CT molecular complexity index is 3060. The van der Waals surface area contributed by atoms with E-state index in [0.29, 0.717) is 5.82 Å². The summed E-state index contributed by atoms with van der Waals surface area (Å²) in [6.07, 6.45) is 0. The number of para-hydroxylation sites is 3. The van der Waals surface area contributed by atoms with Crippen molar-refractivity contribution < 1.29 is 4.42 Å². The lowest BCUT2D eigenvalue weighted by Gasteiger charge is -2.21. The van der Waals surface area contributed by atoms with Crippen molar-refractivity contribution in [2.24, 2.45) is 0 Å². The van der Waals surface area contributed by atoms with Crippen molar-refractivity contribution in [2.75, 3.05) is 0 Å². The van der Waals surface area contributed by atoms with Gasteiger partial charge in [0.05, 0.1) is 22.2 Å². The van der Waals surface area contributed by atoms with Gasteiger partial charge in [-0.1, -0.05) is 111 Å². The highest BCUT2D eigenvalue weighted by Crippen LogP contribution is 2.53. The summed E-state index contributed by atoms with van der Waals surface area (Å²) in [6.45, 7) is 4.68. The van der Waals surface area contributed by atoms with Crippen LogP contribution in [0.1, 0.15) is 25.0 Å². The molecule has 0 amide bonds. The monoisotopic (exact) mass is 653 g/mol. The molecular formula is C47H31N3O. The Hall–Kier alpha value is -6.52. The number of fused-ring (bicyclic) bond motifs is 10. The first-order valence-electron chi connectivity index (χ1n) is 17.5. The summed E-state index contributed by atoms with van der Waals surface area (Å²) in [4.78, 5) is 10.3. The summed E-state index contributed by atoms with van der Waals surface area (Å²) >= 11 is 0. The molecule has 7 aromatic carbocycles.